The van der Waals surface area contributed by atoms with Gasteiger partial charge in [0.2, 0.25) is 17.7 Å². The first-order chi connectivity index (χ1) is 12.6. The van der Waals surface area contributed by atoms with Gasteiger partial charge in [-0.25, -0.2) is 4.79 Å². The van der Waals surface area contributed by atoms with Gasteiger partial charge < -0.3 is 26.8 Å². The van der Waals surface area contributed by atoms with Crippen molar-refractivity contribution in [2.45, 2.75) is 58.7 Å². The lowest BCUT2D eigenvalue weighted by molar-refractivity contribution is -0.144. The molecule has 9 nitrogen and oxygen atoms in total. The molecule has 0 aromatic carbocycles. The van der Waals surface area contributed by atoms with Crippen LogP contribution in [0.25, 0.3) is 0 Å². The molecule has 27 heavy (non-hydrogen) atoms. The number of hydrogen-bond donors (Lipinski definition) is 6. The van der Waals surface area contributed by atoms with Crippen molar-refractivity contribution in [1.82, 2.24) is 16.0 Å². The molecule has 10 heteroatoms. The summed E-state index contributed by atoms with van der Waals surface area (Å²) < 4.78 is 0. The highest BCUT2D eigenvalue weighted by atomic mass is 32.1. The normalized spacial score (nSPS) is 16.4. The number of hydrogen-bond acceptors (Lipinski definition) is 6. The Morgan fingerprint density at radius 1 is 0.926 bits per heavy atom. The number of carboxylic acids is 1. The molecule has 0 aromatic rings. The van der Waals surface area contributed by atoms with Crippen LogP contribution in [0.5, 0.6) is 0 Å². The van der Waals surface area contributed by atoms with Gasteiger partial charge in [0.1, 0.15) is 18.1 Å². The smallest absolute Gasteiger partial charge is 0.326 e. The van der Waals surface area contributed by atoms with Gasteiger partial charge in [-0.3, -0.25) is 14.4 Å². The first kappa shape index (κ1) is 25.2. The summed E-state index contributed by atoms with van der Waals surface area (Å²) in [5.41, 5.74) is 5.23. The summed E-state index contributed by atoms with van der Waals surface area (Å²) in [6.07, 6.45) is 1.16. The van der Waals surface area contributed by atoms with Crippen LogP contribution in [0.4, 0.5) is 0 Å². The maximum Gasteiger partial charge on any atom is 0.326 e. The average molecular weight is 405 g/mol. The summed E-state index contributed by atoms with van der Waals surface area (Å²) >= 11 is 4.04. The predicted molar refractivity (Wildman–Crippen MR) is 105 cm³/mol. The molecule has 5 atom stereocenters. The van der Waals surface area contributed by atoms with E-state index in [0.29, 0.717) is 12.8 Å². The largest absolute Gasteiger partial charge is 0.480 e. The van der Waals surface area contributed by atoms with Gasteiger partial charge in [0.05, 0.1) is 6.54 Å². The number of thiol groups is 1. The molecule has 0 radical (unpaired) electrons. The lowest BCUT2D eigenvalue weighted by atomic mass is 9.95. The SMILES string of the molecule is CCC(C)C(NC(=O)C(NC(=O)C(CS)NC(=O)CN)C(C)CC)C(=O)O. The Balaban J connectivity index is 5.31. The Kier molecular flexibility index (Phi) is 11.7. The van der Waals surface area contributed by atoms with E-state index in [1.807, 2.05) is 13.8 Å². The minimum atomic E-state index is -1.13. The number of carboxylic acid groups (broad SMARTS) is 1. The minimum absolute atomic E-state index is 0.0248. The zero-order valence-electron chi connectivity index (χ0n) is 16.3. The van der Waals surface area contributed by atoms with Crippen LogP contribution in [-0.4, -0.2) is 59.2 Å². The topological polar surface area (TPSA) is 151 Å². The second-order valence-electron chi connectivity index (χ2n) is 6.59. The maximum atomic E-state index is 12.7. The van der Waals surface area contributed by atoms with Crippen LogP contribution in [0.1, 0.15) is 40.5 Å². The third-order valence-electron chi connectivity index (χ3n) is 4.59. The monoisotopic (exact) mass is 404 g/mol. The van der Waals surface area contributed by atoms with Crippen LogP contribution in [0.2, 0.25) is 0 Å². The number of carbonyl (C=O) groups excluding carboxylic acids is 3. The van der Waals surface area contributed by atoms with E-state index >= 15 is 0 Å². The molecule has 0 aliphatic rings. The van der Waals surface area contributed by atoms with Gasteiger partial charge in [0.25, 0.3) is 0 Å². The van der Waals surface area contributed by atoms with E-state index < -0.39 is 41.8 Å². The average Bonchev–Trinajstić information content (AvgIpc) is 2.65. The standard InChI is InChI=1S/C17H32N4O5S/c1-5-9(3)13(16(24)21-14(17(25)26)10(4)6-2)20-15(23)11(8-27)19-12(22)7-18/h9-11,13-14,27H,5-8,18H2,1-4H3,(H,19,22)(H,20,23)(H,21,24)(H,25,26). The van der Waals surface area contributed by atoms with E-state index in [1.54, 1.807) is 13.8 Å². The quantitative estimate of drug-likeness (QED) is 0.242. The molecule has 3 amide bonds. The van der Waals surface area contributed by atoms with Gasteiger partial charge in [-0.05, 0) is 11.8 Å². The predicted octanol–water partition coefficient (Wildman–Crippen LogP) is -0.494. The van der Waals surface area contributed by atoms with Crippen molar-refractivity contribution in [3.05, 3.63) is 0 Å². The van der Waals surface area contributed by atoms with E-state index in [2.05, 4.69) is 28.6 Å². The van der Waals surface area contributed by atoms with E-state index in [1.165, 1.54) is 0 Å². The van der Waals surface area contributed by atoms with Crippen molar-refractivity contribution < 1.29 is 24.3 Å². The summed E-state index contributed by atoms with van der Waals surface area (Å²) in [4.78, 5) is 48.0. The number of aliphatic carboxylic acids is 1. The molecule has 0 heterocycles. The van der Waals surface area contributed by atoms with Crippen molar-refractivity contribution in [1.29, 1.82) is 0 Å². The van der Waals surface area contributed by atoms with E-state index in [0.717, 1.165) is 0 Å². The molecule has 0 rings (SSSR count). The van der Waals surface area contributed by atoms with Crippen molar-refractivity contribution >= 4 is 36.3 Å². The van der Waals surface area contributed by atoms with Crippen molar-refractivity contribution in [3.63, 3.8) is 0 Å². The number of carbonyl (C=O) groups is 4. The number of rotatable bonds is 12. The molecular weight excluding hydrogens is 372 g/mol. The molecule has 0 saturated heterocycles. The van der Waals surface area contributed by atoms with Crippen LogP contribution < -0.4 is 21.7 Å². The Hall–Kier alpha value is -1.81. The lowest BCUT2D eigenvalue weighted by Gasteiger charge is -2.28. The third kappa shape index (κ3) is 8.17. The number of amides is 3. The van der Waals surface area contributed by atoms with Crippen LogP contribution in [0.3, 0.4) is 0 Å². The molecule has 0 spiro atoms. The molecule has 0 saturated carbocycles. The van der Waals surface area contributed by atoms with Crippen LogP contribution >= 0.6 is 12.6 Å². The number of nitrogens with one attached hydrogen (secondary N) is 3. The second kappa shape index (κ2) is 12.6. The highest BCUT2D eigenvalue weighted by Gasteiger charge is 2.33. The van der Waals surface area contributed by atoms with Gasteiger partial charge in [0.15, 0.2) is 0 Å². The molecule has 156 valence electrons. The fourth-order valence-electron chi connectivity index (χ4n) is 2.33. The summed E-state index contributed by atoms with van der Waals surface area (Å²) in [6, 6.07) is -2.94. The van der Waals surface area contributed by atoms with E-state index in [-0.39, 0.29) is 24.1 Å². The van der Waals surface area contributed by atoms with E-state index in [4.69, 9.17) is 5.73 Å². The fraction of sp³-hybridized carbons (Fsp3) is 0.765. The Morgan fingerprint density at radius 3 is 1.81 bits per heavy atom. The Bertz CT molecular complexity index is 531. The molecule has 6 N–H and O–H groups in total. The fourth-order valence-corrected chi connectivity index (χ4v) is 2.59. The zero-order valence-corrected chi connectivity index (χ0v) is 17.2. The van der Waals surface area contributed by atoms with Gasteiger partial charge >= 0.3 is 5.97 Å². The molecule has 0 bridgehead atoms. The van der Waals surface area contributed by atoms with Crippen molar-refractivity contribution in [2.24, 2.45) is 17.6 Å². The van der Waals surface area contributed by atoms with Gasteiger partial charge in [0, 0.05) is 5.75 Å². The first-order valence-electron chi connectivity index (χ1n) is 9.06. The lowest BCUT2D eigenvalue weighted by Crippen LogP contribution is -2.59. The van der Waals surface area contributed by atoms with Crippen molar-refractivity contribution in [2.75, 3.05) is 12.3 Å². The van der Waals surface area contributed by atoms with E-state index in [9.17, 15) is 24.3 Å². The number of nitrogens with two attached hydrogens (primary N) is 1. The highest BCUT2D eigenvalue weighted by molar-refractivity contribution is 7.80. The van der Waals surface area contributed by atoms with Crippen LogP contribution in [-0.2, 0) is 19.2 Å². The summed E-state index contributed by atoms with van der Waals surface area (Å²) in [5, 5.41) is 16.9. The summed E-state index contributed by atoms with van der Waals surface area (Å²) in [6.45, 7) is 6.92. The van der Waals surface area contributed by atoms with Gasteiger partial charge in [-0.2, -0.15) is 12.6 Å². The maximum absolute atomic E-state index is 12.7. The van der Waals surface area contributed by atoms with Crippen molar-refractivity contribution in [3.8, 4) is 0 Å². The Labute approximate surface area is 165 Å². The molecule has 0 aromatic heterocycles. The zero-order chi connectivity index (χ0) is 21.1. The second-order valence-corrected chi connectivity index (χ2v) is 6.95. The molecule has 5 unspecified atom stereocenters. The molecule has 0 aliphatic carbocycles. The summed E-state index contributed by atoms with van der Waals surface area (Å²) in [7, 11) is 0. The minimum Gasteiger partial charge on any atom is -0.480 e. The van der Waals surface area contributed by atoms with Crippen LogP contribution in [0, 0.1) is 11.8 Å². The first-order valence-corrected chi connectivity index (χ1v) is 9.69. The van der Waals surface area contributed by atoms with Gasteiger partial charge in [-0.15, -0.1) is 0 Å². The third-order valence-corrected chi connectivity index (χ3v) is 4.95. The summed E-state index contributed by atoms with van der Waals surface area (Å²) in [5.74, 6) is -3.29. The molecular formula is C17H32N4O5S. The van der Waals surface area contributed by atoms with Crippen LogP contribution in [0.15, 0.2) is 0 Å². The Morgan fingerprint density at radius 2 is 1.41 bits per heavy atom. The van der Waals surface area contributed by atoms with Gasteiger partial charge in [-0.1, -0.05) is 40.5 Å². The molecule has 0 fully saturated rings. The highest BCUT2D eigenvalue weighted by Crippen LogP contribution is 2.12. The molecule has 0 aliphatic heterocycles.